The van der Waals surface area contributed by atoms with E-state index in [1.807, 2.05) is 24.3 Å². The van der Waals surface area contributed by atoms with Gasteiger partial charge >= 0.3 is 6.36 Å². The van der Waals surface area contributed by atoms with Crippen molar-refractivity contribution in [2.24, 2.45) is 25.9 Å². The van der Waals surface area contributed by atoms with Gasteiger partial charge in [0.1, 0.15) is 17.9 Å². The van der Waals surface area contributed by atoms with Gasteiger partial charge in [0.2, 0.25) is 0 Å². The zero-order valence-electron chi connectivity index (χ0n) is 20.8. The van der Waals surface area contributed by atoms with Gasteiger partial charge in [-0.1, -0.05) is 54.2 Å². The van der Waals surface area contributed by atoms with Crippen molar-refractivity contribution in [1.82, 2.24) is 0 Å². The smallest absolute Gasteiger partial charge is 0.406 e. The highest BCUT2D eigenvalue weighted by Gasteiger charge is 2.31. The molecule has 0 bridgehead atoms. The van der Waals surface area contributed by atoms with E-state index in [0.29, 0.717) is 17.2 Å². The first-order valence-corrected chi connectivity index (χ1v) is 13.3. The van der Waals surface area contributed by atoms with Crippen LogP contribution in [0.5, 0.6) is 5.75 Å². The zero-order chi connectivity index (χ0) is 27.2. The van der Waals surface area contributed by atoms with Crippen LogP contribution in [0.3, 0.4) is 0 Å². The molecule has 0 radical (unpaired) electrons. The molecule has 200 valence electrons. The van der Waals surface area contributed by atoms with Crippen molar-refractivity contribution < 1.29 is 17.9 Å². The van der Waals surface area contributed by atoms with Gasteiger partial charge in [0.15, 0.2) is 5.17 Å². The van der Waals surface area contributed by atoms with Crippen molar-refractivity contribution in [3.63, 3.8) is 0 Å². The number of amidine groups is 2. The fourth-order valence-electron chi connectivity index (χ4n) is 4.03. The maximum atomic E-state index is 12.3. The molecule has 11 heteroatoms. The second-order valence-corrected chi connectivity index (χ2v) is 9.95. The number of thioether (sulfide) groups is 1. The van der Waals surface area contributed by atoms with E-state index in [9.17, 15) is 13.2 Å². The number of alkyl halides is 3. The van der Waals surface area contributed by atoms with Crippen LogP contribution in [0, 0.1) is 0 Å². The molecule has 39 heavy (non-hydrogen) atoms. The standard InChI is InChI=1S/C28H25F3N6OS/c29-28(30,31)38-23-13-11-22(12-14-23)33-18-34-26(32)21-7-5-19(6-8-21)17-35-36-27-37(15-16-39-27)25-4-2-1-3-24(25)20-9-10-20/h1-8,11-14,17-18,20H,9-10,15-16H2,(H2,32,33,34)/b35-17+,36-27-. The number of hydrogen-bond acceptors (Lipinski definition) is 5. The van der Waals surface area contributed by atoms with Gasteiger partial charge in [-0.3, -0.25) is 0 Å². The number of para-hydroxylation sites is 1. The van der Waals surface area contributed by atoms with E-state index in [4.69, 9.17) is 5.73 Å². The van der Waals surface area contributed by atoms with Crippen molar-refractivity contribution in [1.29, 1.82) is 0 Å². The molecule has 0 spiro atoms. The molecule has 0 aromatic heterocycles. The summed E-state index contributed by atoms with van der Waals surface area (Å²) >= 11 is 1.70. The number of halogens is 3. The number of anilines is 1. The van der Waals surface area contributed by atoms with E-state index >= 15 is 0 Å². The van der Waals surface area contributed by atoms with Crippen LogP contribution in [0.25, 0.3) is 0 Å². The number of nitrogens with two attached hydrogens (primary N) is 1. The predicted octanol–water partition coefficient (Wildman–Crippen LogP) is 6.47. The second kappa shape index (κ2) is 11.7. The summed E-state index contributed by atoms with van der Waals surface area (Å²) in [6, 6.07) is 21.0. The van der Waals surface area contributed by atoms with Gasteiger partial charge in [0.25, 0.3) is 0 Å². The van der Waals surface area contributed by atoms with Crippen LogP contribution in [0.4, 0.5) is 24.5 Å². The summed E-state index contributed by atoms with van der Waals surface area (Å²) in [6.45, 7) is 0.914. The monoisotopic (exact) mass is 550 g/mol. The minimum Gasteiger partial charge on any atom is -0.406 e. The fraction of sp³-hybridized carbons (Fsp3) is 0.214. The van der Waals surface area contributed by atoms with Gasteiger partial charge in [0, 0.05) is 23.5 Å². The Hall–Kier alpha value is -4.12. The third-order valence-corrected chi connectivity index (χ3v) is 7.00. The molecule has 1 aliphatic carbocycles. The summed E-state index contributed by atoms with van der Waals surface area (Å²) in [5, 5.41) is 9.71. The topological polar surface area (TPSA) is 87.9 Å². The lowest BCUT2D eigenvalue weighted by atomic mass is 10.1. The SMILES string of the molecule is NC(=NC=Nc1ccc(OC(F)(F)F)cc1)c1ccc(/C=N/N=C2\SCCN2c2ccccc2C2CC2)cc1. The number of rotatable bonds is 8. The van der Waals surface area contributed by atoms with Crippen LogP contribution in [-0.2, 0) is 0 Å². The molecule has 1 saturated heterocycles. The van der Waals surface area contributed by atoms with E-state index in [1.54, 1.807) is 18.0 Å². The summed E-state index contributed by atoms with van der Waals surface area (Å²) in [7, 11) is 0. The molecule has 7 nitrogen and oxygen atoms in total. The van der Waals surface area contributed by atoms with Crippen LogP contribution in [0.2, 0.25) is 0 Å². The summed E-state index contributed by atoms with van der Waals surface area (Å²) in [5.41, 5.74) is 10.6. The zero-order valence-corrected chi connectivity index (χ0v) is 21.6. The Balaban J connectivity index is 1.19. The van der Waals surface area contributed by atoms with Gasteiger partial charge in [0.05, 0.1) is 11.9 Å². The van der Waals surface area contributed by atoms with Crippen LogP contribution >= 0.6 is 11.8 Å². The van der Waals surface area contributed by atoms with E-state index in [1.165, 1.54) is 54.7 Å². The molecular formula is C28H25F3N6OS. The molecule has 1 saturated carbocycles. The van der Waals surface area contributed by atoms with E-state index in [-0.39, 0.29) is 11.6 Å². The quantitative estimate of drug-likeness (QED) is 0.198. The van der Waals surface area contributed by atoms with E-state index in [0.717, 1.165) is 23.0 Å². The van der Waals surface area contributed by atoms with Gasteiger partial charge in [-0.05, 0) is 60.2 Å². The van der Waals surface area contributed by atoms with Gasteiger partial charge in [-0.25, -0.2) is 9.98 Å². The molecule has 0 unspecified atom stereocenters. The van der Waals surface area contributed by atoms with Crippen LogP contribution in [-0.4, -0.2) is 42.2 Å². The summed E-state index contributed by atoms with van der Waals surface area (Å²) in [5.74, 6) is 1.55. The number of benzene rings is 3. The molecule has 5 rings (SSSR count). The molecule has 0 atom stereocenters. The lowest BCUT2D eigenvalue weighted by Gasteiger charge is -2.20. The molecule has 3 aromatic rings. The second-order valence-electron chi connectivity index (χ2n) is 8.88. The Morgan fingerprint density at radius 3 is 2.46 bits per heavy atom. The van der Waals surface area contributed by atoms with Crippen molar-refractivity contribution in [2.75, 3.05) is 17.2 Å². The summed E-state index contributed by atoms with van der Waals surface area (Å²) in [4.78, 5) is 10.4. The van der Waals surface area contributed by atoms with Crippen molar-refractivity contribution in [3.8, 4) is 5.75 Å². The number of aliphatic imine (C=N–C) groups is 2. The Labute approximate surface area is 228 Å². The van der Waals surface area contributed by atoms with Crippen LogP contribution in [0.15, 0.2) is 93.0 Å². The highest BCUT2D eigenvalue weighted by Crippen LogP contribution is 2.45. The molecular weight excluding hydrogens is 525 g/mol. The van der Waals surface area contributed by atoms with Crippen molar-refractivity contribution in [3.05, 3.63) is 89.5 Å². The maximum Gasteiger partial charge on any atom is 0.573 e. The Bertz CT molecular complexity index is 1410. The highest BCUT2D eigenvalue weighted by molar-refractivity contribution is 8.14. The first kappa shape index (κ1) is 26.5. The fourth-order valence-corrected chi connectivity index (χ4v) is 4.94. The maximum absolute atomic E-state index is 12.3. The number of nitrogens with zero attached hydrogens (tertiary/aromatic N) is 5. The highest BCUT2D eigenvalue weighted by atomic mass is 32.2. The lowest BCUT2D eigenvalue weighted by molar-refractivity contribution is -0.274. The summed E-state index contributed by atoms with van der Waals surface area (Å²) < 4.78 is 40.6. The molecule has 2 fully saturated rings. The average molecular weight is 551 g/mol. The van der Waals surface area contributed by atoms with Crippen molar-refractivity contribution >= 4 is 46.7 Å². The molecule has 3 aromatic carbocycles. The van der Waals surface area contributed by atoms with Gasteiger partial charge in [-0.2, -0.15) is 5.10 Å². The molecule has 2 N–H and O–H groups in total. The number of hydrogen-bond donors (Lipinski definition) is 1. The first-order valence-electron chi connectivity index (χ1n) is 12.3. The van der Waals surface area contributed by atoms with Gasteiger partial charge in [-0.15, -0.1) is 18.3 Å². The van der Waals surface area contributed by atoms with Gasteiger partial charge < -0.3 is 15.4 Å². The third-order valence-electron chi connectivity index (χ3n) is 6.05. The minimum absolute atomic E-state index is 0.242. The minimum atomic E-state index is -4.74. The molecule has 0 amide bonds. The lowest BCUT2D eigenvalue weighted by Crippen LogP contribution is -2.24. The predicted molar refractivity (Wildman–Crippen MR) is 152 cm³/mol. The Kier molecular flexibility index (Phi) is 7.97. The van der Waals surface area contributed by atoms with Crippen LogP contribution < -0.4 is 15.4 Å². The average Bonchev–Trinajstić information content (AvgIpc) is 3.67. The summed E-state index contributed by atoms with van der Waals surface area (Å²) in [6.07, 6.45) is 0.697. The third kappa shape index (κ3) is 7.26. The van der Waals surface area contributed by atoms with Crippen LogP contribution in [0.1, 0.15) is 35.4 Å². The number of ether oxygens (including phenoxy) is 1. The molecule has 1 aliphatic heterocycles. The Morgan fingerprint density at radius 1 is 1.00 bits per heavy atom. The molecule has 1 heterocycles. The van der Waals surface area contributed by atoms with Crippen molar-refractivity contribution in [2.45, 2.75) is 25.1 Å². The first-order chi connectivity index (χ1) is 18.9. The normalized spacial score (nSPS) is 17.6. The van der Waals surface area contributed by atoms with E-state index in [2.05, 4.69) is 54.1 Å². The van der Waals surface area contributed by atoms with E-state index < -0.39 is 6.36 Å². The molecule has 2 aliphatic rings. The largest absolute Gasteiger partial charge is 0.573 e. The Morgan fingerprint density at radius 2 is 1.74 bits per heavy atom.